The van der Waals surface area contributed by atoms with E-state index in [9.17, 15) is 9.59 Å². The van der Waals surface area contributed by atoms with E-state index in [4.69, 9.17) is 5.11 Å². The number of rotatable bonds is 7. The quantitative estimate of drug-likeness (QED) is 0.720. The Bertz CT molecular complexity index is 398. The molecule has 1 rings (SSSR count). The van der Waals surface area contributed by atoms with Gasteiger partial charge in [0.05, 0.1) is 0 Å². The maximum absolute atomic E-state index is 10.9. The van der Waals surface area contributed by atoms with Gasteiger partial charge in [0.15, 0.2) is 0 Å². The molecule has 0 aliphatic carbocycles. The van der Waals surface area contributed by atoms with Gasteiger partial charge in [-0.2, -0.15) is 11.8 Å². The molecule has 1 heterocycles. The second-order valence-corrected chi connectivity index (χ2v) is 4.92. The molecule has 0 aliphatic heterocycles. The second-order valence-electron chi connectivity index (χ2n) is 3.77. The molecule has 98 valence electrons. The summed E-state index contributed by atoms with van der Waals surface area (Å²) in [5, 5.41) is 11.3. The molecule has 0 spiro atoms. The Kier molecular flexibility index (Phi) is 6.21. The van der Waals surface area contributed by atoms with Crippen molar-refractivity contribution in [2.24, 2.45) is 0 Å². The number of amides is 1. The first-order valence-corrected chi connectivity index (χ1v) is 6.71. The molecule has 2 N–H and O–H groups in total. The Hall–Kier alpha value is -1.56. The van der Waals surface area contributed by atoms with Crippen LogP contribution in [0.2, 0.25) is 0 Å². The summed E-state index contributed by atoms with van der Waals surface area (Å²) in [5.74, 6) is -0.133. The number of aryl methyl sites for hydroxylation is 1. The number of pyridine rings is 1. The zero-order chi connectivity index (χ0) is 13.4. The van der Waals surface area contributed by atoms with Gasteiger partial charge in [-0.05, 0) is 29.9 Å². The first kappa shape index (κ1) is 14.5. The van der Waals surface area contributed by atoms with Crippen molar-refractivity contribution in [2.45, 2.75) is 19.4 Å². The minimum Gasteiger partial charge on any atom is -0.480 e. The highest BCUT2D eigenvalue weighted by molar-refractivity contribution is 7.99. The van der Waals surface area contributed by atoms with Crippen LogP contribution in [-0.2, 0) is 16.0 Å². The fraction of sp³-hybridized carbons (Fsp3) is 0.417. The number of nitrogens with one attached hydrogen (secondary N) is 1. The summed E-state index contributed by atoms with van der Waals surface area (Å²) in [4.78, 5) is 25.6. The van der Waals surface area contributed by atoms with Gasteiger partial charge in [-0.1, -0.05) is 0 Å². The molecule has 0 bridgehead atoms. The van der Waals surface area contributed by atoms with Crippen LogP contribution in [0.4, 0.5) is 0 Å². The molecule has 0 saturated heterocycles. The van der Waals surface area contributed by atoms with E-state index in [1.54, 1.807) is 12.4 Å². The first-order chi connectivity index (χ1) is 8.59. The van der Waals surface area contributed by atoms with Crippen molar-refractivity contribution >= 4 is 23.6 Å². The number of hydrogen-bond acceptors (Lipinski definition) is 4. The highest BCUT2D eigenvalue weighted by atomic mass is 32.2. The highest BCUT2D eigenvalue weighted by Crippen LogP contribution is 2.08. The molecule has 1 amide bonds. The average Bonchev–Trinajstić information content (AvgIpc) is 2.33. The summed E-state index contributed by atoms with van der Waals surface area (Å²) < 4.78 is 0. The molecule has 18 heavy (non-hydrogen) atoms. The lowest BCUT2D eigenvalue weighted by Crippen LogP contribution is -2.41. The van der Waals surface area contributed by atoms with Crippen LogP contribution in [0.15, 0.2) is 24.5 Å². The van der Waals surface area contributed by atoms with Crippen LogP contribution in [0.5, 0.6) is 0 Å². The molecule has 1 unspecified atom stereocenters. The lowest BCUT2D eigenvalue weighted by atomic mass is 10.2. The molecule has 0 aliphatic rings. The van der Waals surface area contributed by atoms with E-state index < -0.39 is 12.0 Å². The number of aliphatic carboxylic acids is 1. The zero-order valence-corrected chi connectivity index (χ0v) is 10.9. The second kappa shape index (κ2) is 7.71. The molecule has 1 aromatic heterocycles. The van der Waals surface area contributed by atoms with E-state index in [2.05, 4.69) is 10.3 Å². The Labute approximate surface area is 110 Å². The third-order valence-corrected chi connectivity index (χ3v) is 3.31. The maximum atomic E-state index is 10.9. The number of carbonyl (C=O) groups excluding carboxylic acids is 1. The zero-order valence-electron chi connectivity index (χ0n) is 10.1. The maximum Gasteiger partial charge on any atom is 0.327 e. The van der Waals surface area contributed by atoms with Crippen molar-refractivity contribution < 1.29 is 14.7 Å². The van der Waals surface area contributed by atoms with Gasteiger partial charge in [-0.15, -0.1) is 0 Å². The molecule has 6 heteroatoms. The van der Waals surface area contributed by atoms with E-state index in [1.807, 2.05) is 12.1 Å². The topological polar surface area (TPSA) is 79.3 Å². The lowest BCUT2D eigenvalue weighted by Gasteiger charge is -2.12. The monoisotopic (exact) mass is 268 g/mol. The summed E-state index contributed by atoms with van der Waals surface area (Å²) in [6.45, 7) is 1.32. The van der Waals surface area contributed by atoms with Crippen LogP contribution in [-0.4, -0.2) is 39.5 Å². The Balaban J connectivity index is 2.27. The highest BCUT2D eigenvalue weighted by Gasteiger charge is 2.17. The fourth-order valence-electron chi connectivity index (χ4n) is 1.36. The number of hydrogen-bond donors (Lipinski definition) is 2. The van der Waals surface area contributed by atoms with Gasteiger partial charge in [0, 0.05) is 25.1 Å². The molecule has 5 nitrogen and oxygen atoms in total. The van der Waals surface area contributed by atoms with E-state index in [-0.39, 0.29) is 5.91 Å². The number of carbonyl (C=O) groups is 2. The van der Waals surface area contributed by atoms with E-state index in [0.29, 0.717) is 5.75 Å². The van der Waals surface area contributed by atoms with Gasteiger partial charge >= 0.3 is 5.97 Å². The van der Waals surface area contributed by atoms with Crippen LogP contribution in [0.3, 0.4) is 0 Å². The number of carboxylic acid groups (broad SMARTS) is 1. The standard InChI is InChI=1S/C12H16N2O3S/c1-9(15)14-11(12(16)17)8-18-7-4-10-2-5-13-6-3-10/h2-3,5-6,11H,4,7-8H2,1H3,(H,14,15)(H,16,17). The largest absolute Gasteiger partial charge is 0.480 e. The Morgan fingerprint density at radius 1 is 1.44 bits per heavy atom. The molecule has 0 radical (unpaired) electrons. The summed E-state index contributed by atoms with van der Waals surface area (Å²) in [7, 11) is 0. The van der Waals surface area contributed by atoms with E-state index in [1.165, 1.54) is 24.2 Å². The predicted molar refractivity (Wildman–Crippen MR) is 70.5 cm³/mol. The molecular weight excluding hydrogens is 252 g/mol. The van der Waals surface area contributed by atoms with Crippen molar-refractivity contribution in [3.8, 4) is 0 Å². The molecule has 0 aromatic carbocycles. The number of carboxylic acids is 1. The van der Waals surface area contributed by atoms with Crippen molar-refractivity contribution in [1.29, 1.82) is 0 Å². The summed E-state index contributed by atoms with van der Waals surface area (Å²) in [6, 6.07) is 3.05. The van der Waals surface area contributed by atoms with E-state index >= 15 is 0 Å². The van der Waals surface area contributed by atoms with Gasteiger partial charge in [-0.25, -0.2) is 4.79 Å². The van der Waals surface area contributed by atoms with Crippen molar-refractivity contribution in [2.75, 3.05) is 11.5 Å². The van der Waals surface area contributed by atoms with Crippen LogP contribution >= 0.6 is 11.8 Å². The van der Waals surface area contributed by atoms with Crippen LogP contribution in [0.1, 0.15) is 12.5 Å². The third kappa shape index (κ3) is 5.67. The van der Waals surface area contributed by atoms with Crippen LogP contribution < -0.4 is 5.32 Å². The number of aromatic nitrogens is 1. The van der Waals surface area contributed by atoms with Gasteiger partial charge < -0.3 is 10.4 Å². The Morgan fingerprint density at radius 2 is 2.11 bits per heavy atom. The molecule has 0 fully saturated rings. The molecule has 1 aromatic rings. The minimum absolute atomic E-state index is 0.322. The molecule has 1 atom stereocenters. The van der Waals surface area contributed by atoms with Crippen molar-refractivity contribution in [1.82, 2.24) is 10.3 Å². The van der Waals surface area contributed by atoms with Gasteiger partial charge in [0.1, 0.15) is 6.04 Å². The minimum atomic E-state index is -0.999. The van der Waals surface area contributed by atoms with Crippen molar-refractivity contribution in [3.05, 3.63) is 30.1 Å². The van der Waals surface area contributed by atoms with Crippen LogP contribution in [0, 0.1) is 0 Å². The SMILES string of the molecule is CC(=O)NC(CSCCc1ccncc1)C(=O)O. The van der Waals surface area contributed by atoms with Gasteiger partial charge in [0.2, 0.25) is 5.91 Å². The normalized spacial score (nSPS) is 11.8. The third-order valence-electron chi connectivity index (χ3n) is 2.24. The summed E-state index contributed by atoms with van der Waals surface area (Å²) in [6.07, 6.45) is 4.33. The Morgan fingerprint density at radius 3 is 2.67 bits per heavy atom. The van der Waals surface area contributed by atoms with Gasteiger partial charge in [0.25, 0.3) is 0 Å². The lowest BCUT2D eigenvalue weighted by molar-refractivity contribution is -0.140. The fourth-order valence-corrected chi connectivity index (χ4v) is 2.37. The van der Waals surface area contributed by atoms with Crippen molar-refractivity contribution in [3.63, 3.8) is 0 Å². The number of nitrogens with zero attached hydrogens (tertiary/aromatic N) is 1. The first-order valence-electron chi connectivity index (χ1n) is 5.56. The van der Waals surface area contributed by atoms with Gasteiger partial charge in [-0.3, -0.25) is 9.78 Å². The van der Waals surface area contributed by atoms with E-state index in [0.717, 1.165) is 12.2 Å². The molecular formula is C12H16N2O3S. The molecule has 0 saturated carbocycles. The number of thioether (sulfide) groups is 1. The summed E-state index contributed by atoms with van der Waals surface area (Å²) in [5.41, 5.74) is 1.17. The average molecular weight is 268 g/mol. The predicted octanol–water partition coefficient (Wildman–Crippen LogP) is 0.947. The smallest absolute Gasteiger partial charge is 0.327 e. The van der Waals surface area contributed by atoms with Crippen LogP contribution in [0.25, 0.3) is 0 Å². The summed E-state index contributed by atoms with van der Waals surface area (Å²) >= 11 is 1.51.